The summed E-state index contributed by atoms with van der Waals surface area (Å²) >= 11 is 1.25. The van der Waals surface area contributed by atoms with Gasteiger partial charge in [-0.15, -0.1) is 11.3 Å². The number of urea groups is 1. The van der Waals surface area contributed by atoms with Crippen LogP contribution in [0.5, 0.6) is 0 Å². The average Bonchev–Trinajstić information content (AvgIpc) is 3.19. The molecule has 1 fully saturated rings. The summed E-state index contributed by atoms with van der Waals surface area (Å²) in [7, 11) is 0. The first-order chi connectivity index (χ1) is 16.0. The highest BCUT2D eigenvalue weighted by Gasteiger charge is 2.33. The van der Waals surface area contributed by atoms with Crippen molar-refractivity contribution in [1.82, 2.24) is 15.2 Å². The molecule has 0 spiro atoms. The number of aromatic nitrogens is 1. The molecule has 0 radical (unpaired) electrons. The Morgan fingerprint density at radius 3 is 2.82 bits per heavy atom. The van der Waals surface area contributed by atoms with Crippen LogP contribution in [0.1, 0.15) is 28.1 Å². The number of thiophene rings is 1. The summed E-state index contributed by atoms with van der Waals surface area (Å²) in [6.07, 6.45) is 4.53. The molecule has 2 aromatic heterocycles. The van der Waals surface area contributed by atoms with E-state index in [0.717, 1.165) is 29.5 Å². The van der Waals surface area contributed by atoms with Crippen molar-refractivity contribution in [1.29, 1.82) is 0 Å². The average molecular weight is 462 g/mol. The Hall–Kier alpha value is -3.72. The van der Waals surface area contributed by atoms with Crippen LogP contribution in [0.4, 0.5) is 21.9 Å². The highest BCUT2D eigenvalue weighted by atomic mass is 32.1. The van der Waals surface area contributed by atoms with E-state index < -0.39 is 0 Å². The molecule has 0 saturated carbocycles. The van der Waals surface area contributed by atoms with Crippen molar-refractivity contribution in [3.05, 3.63) is 59.6 Å². The van der Waals surface area contributed by atoms with Gasteiger partial charge in [0.15, 0.2) is 0 Å². The van der Waals surface area contributed by atoms with Crippen LogP contribution in [-0.4, -0.2) is 46.9 Å². The van der Waals surface area contributed by atoms with E-state index in [9.17, 15) is 14.4 Å². The predicted octanol–water partition coefficient (Wildman–Crippen LogP) is 4.20. The van der Waals surface area contributed by atoms with Crippen molar-refractivity contribution in [2.45, 2.75) is 25.8 Å². The van der Waals surface area contributed by atoms with Crippen LogP contribution in [0.2, 0.25) is 0 Å². The number of anilines is 3. The number of carbonyl (C=O) groups is 3. The lowest BCUT2D eigenvalue weighted by molar-refractivity contribution is -0.127. The Bertz CT molecular complexity index is 1280. The van der Waals surface area contributed by atoms with Crippen molar-refractivity contribution in [2.24, 2.45) is 0 Å². The molecule has 1 aromatic carbocycles. The molecular weight excluding hydrogens is 438 g/mol. The molecule has 0 aliphatic carbocycles. The molecule has 5 rings (SSSR count). The van der Waals surface area contributed by atoms with Gasteiger partial charge in [0, 0.05) is 25.3 Å². The van der Waals surface area contributed by atoms with Crippen LogP contribution in [0.15, 0.2) is 49.2 Å². The van der Waals surface area contributed by atoms with Crippen molar-refractivity contribution < 1.29 is 14.4 Å². The number of benzene rings is 1. The second-order valence-corrected chi connectivity index (χ2v) is 9.22. The summed E-state index contributed by atoms with van der Waals surface area (Å²) in [6.45, 7) is 6.63. The van der Waals surface area contributed by atoms with Crippen LogP contribution < -0.4 is 15.5 Å². The Labute approximate surface area is 194 Å². The molecular formula is C24H23N5O3S. The molecule has 1 atom stereocenters. The number of piperidine rings is 1. The van der Waals surface area contributed by atoms with E-state index in [1.807, 2.05) is 31.2 Å². The summed E-state index contributed by atoms with van der Waals surface area (Å²) in [4.78, 5) is 47.1. The fourth-order valence-corrected chi connectivity index (χ4v) is 5.39. The Morgan fingerprint density at radius 1 is 1.27 bits per heavy atom. The van der Waals surface area contributed by atoms with E-state index in [0.29, 0.717) is 34.2 Å². The summed E-state index contributed by atoms with van der Waals surface area (Å²) in [5, 5.41) is 6.70. The summed E-state index contributed by atoms with van der Waals surface area (Å²) in [6, 6.07) is 8.99. The van der Waals surface area contributed by atoms with Crippen molar-refractivity contribution in [2.75, 3.05) is 23.3 Å². The number of likely N-dealkylation sites (tertiary alicyclic amines) is 1. The van der Waals surface area contributed by atoms with Gasteiger partial charge in [-0.05, 0) is 44.0 Å². The number of aryl methyl sites for hydroxylation is 1. The maximum atomic E-state index is 13.2. The molecule has 3 aromatic rings. The van der Waals surface area contributed by atoms with Gasteiger partial charge in [0.05, 0.1) is 22.4 Å². The van der Waals surface area contributed by atoms with E-state index in [1.54, 1.807) is 22.1 Å². The molecule has 9 heteroatoms. The molecule has 2 aliphatic rings. The molecule has 4 amide bonds. The van der Waals surface area contributed by atoms with Crippen LogP contribution >= 0.6 is 11.3 Å². The first-order valence-electron chi connectivity index (χ1n) is 10.8. The molecule has 168 valence electrons. The minimum absolute atomic E-state index is 0.136. The lowest BCUT2D eigenvalue weighted by Crippen LogP contribution is -2.49. The van der Waals surface area contributed by atoms with Gasteiger partial charge >= 0.3 is 6.03 Å². The summed E-state index contributed by atoms with van der Waals surface area (Å²) in [5.41, 5.74) is 3.02. The molecule has 0 bridgehead atoms. The van der Waals surface area contributed by atoms with Crippen molar-refractivity contribution >= 4 is 56.5 Å². The third kappa shape index (κ3) is 3.74. The SMILES string of the molecule is C=CC(=O)N1CCC[C@@H](NC(=O)c2sc3nccc4c3c2NC(=O)N4c2ccc(C)cc2)C1. The Balaban J connectivity index is 1.47. The quantitative estimate of drug-likeness (QED) is 0.570. The normalized spacial score (nSPS) is 17.6. The van der Waals surface area contributed by atoms with Gasteiger partial charge in [0.2, 0.25) is 5.91 Å². The van der Waals surface area contributed by atoms with Crippen LogP contribution in [0.25, 0.3) is 10.2 Å². The highest BCUT2D eigenvalue weighted by Crippen LogP contribution is 2.45. The number of hydrogen-bond acceptors (Lipinski definition) is 5. The number of amides is 4. The number of nitrogens with zero attached hydrogens (tertiary/aromatic N) is 3. The number of rotatable bonds is 4. The maximum Gasteiger partial charge on any atom is 0.331 e. The highest BCUT2D eigenvalue weighted by molar-refractivity contribution is 7.21. The second kappa shape index (κ2) is 8.32. The summed E-state index contributed by atoms with van der Waals surface area (Å²) in [5.74, 6) is -0.413. The monoisotopic (exact) mass is 461 g/mol. The molecule has 2 N–H and O–H groups in total. The number of nitrogens with one attached hydrogen (secondary N) is 2. The smallest absolute Gasteiger partial charge is 0.331 e. The largest absolute Gasteiger partial charge is 0.347 e. The molecule has 1 saturated heterocycles. The Kier molecular flexibility index (Phi) is 5.33. The van der Waals surface area contributed by atoms with Gasteiger partial charge in [-0.3, -0.25) is 14.5 Å². The third-order valence-electron chi connectivity index (χ3n) is 5.99. The second-order valence-electron chi connectivity index (χ2n) is 8.22. The number of carbonyl (C=O) groups excluding carboxylic acids is 3. The van der Waals surface area contributed by atoms with Crippen molar-refractivity contribution in [3.63, 3.8) is 0 Å². The fraction of sp³-hybridized carbons (Fsp3) is 0.250. The van der Waals surface area contributed by atoms with E-state index in [1.165, 1.54) is 17.4 Å². The fourth-order valence-electron chi connectivity index (χ4n) is 4.37. The molecule has 8 nitrogen and oxygen atoms in total. The van der Waals surface area contributed by atoms with Crippen molar-refractivity contribution in [3.8, 4) is 0 Å². The van der Waals surface area contributed by atoms with E-state index in [4.69, 9.17) is 0 Å². The Morgan fingerprint density at radius 2 is 2.06 bits per heavy atom. The zero-order chi connectivity index (χ0) is 23.1. The number of pyridine rings is 1. The lowest BCUT2D eigenvalue weighted by Gasteiger charge is -2.32. The molecule has 4 heterocycles. The maximum absolute atomic E-state index is 13.2. The zero-order valence-corrected chi connectivity index (χ0v) is 18.9. The molecule has 2 aliphatic heterocycles. The first-order valence-corrected chi connectivity index (χ1v) is 11.6. The number of hydrogen-bond donors (Lipinski definition) is 2. The van der Waals surface area contributed by atoms with Gasteiger partial charge in [-0.1, -0.05) is 24.3 Å². The van der Waals surface area contributed by atoms with Gasteiger partial charge in [0.1, 0.15) is 9.71 Å². The predicted molar refractivity (Wildman–Crippen MR) is 129 cm³/mol. The van der Waals surface area contributed by atoms with Crippen LogP contribution in [0, 0.1) is 6.92 Å². The van der Waals surface area contributed by atoms with Gasteiger partial charge in [-0.25, -0.2) is 9.78 Å². The molecule has 0 unspecified atom stereocenters. The van der Waals surface area contributed by atoms with Gasteiger partial charge in [-0.2, -0.15) is 0 Å². The van der Waals surface area contributed by atoms with E-state index >= 15 is 0 Å². The van der Waals surface area contributed by atoms with Gasteiger partial charge < -0.3 is 15.5 Å². The van der Waals surface area contributed by atoms with E-state index in [2.05, 4.69) is 22.2 Å². The first kappa shape index (κ1) is 21.1. The zero-order valence-electron chi connectivity index (χ0n) is 18.1. The lowest BCUT2D eigenvalue weighted by atomic mass is 10.1. The van der Waals surface area contributed by atoms with Crippen LogP contribution in [-0.2, 0) is 4.79 Å². The third-order valence-corrected chi connectivity index (χ3v) is 7.08. The molecule has 33 heavy (non-hydrogen) atoms. The van der Waals surface area contributed by atoms with Crippen LogP contribution in [0.3, 0.4) is 0 Å². The topological polar surface area (TPSA) is 94.6 Å². The standard InChI is InChI=1S/C24H23N5O3S/c1-3-18(30)28-12-4-5-15(13-28)26-22(31)21-20-19-17(10-11-25-23(19)33-21)29(24(32)27-20)16-8-6-14(2)7-9-16/h3,6-11,15H,1,4-5,12-13H2,2H3,(H,26,31)(H,27,32)/t15-/m1/s1. The summed E-state index contributed by atoms with van der Waals surface area (Å²) < 4.78 is 0. The van der Waals surface area contributed by atoms with Gasteiger partial charge in [0.25, 0.3) is 5.91 Å². The minimum Gasteiger partial charge on any atom is -0.347 e. The van der Waals surface area contributed by atoms with E-state index in [-0.39, 0.29) is 23.9 Å². The minimum atomic E-state index is -0.327.